The van der Waals surface area contributed by atoms with Crippen LogP contribution in [0.5, 0.6) is 0 Å². The van der Waals surface area contributed by atoms with Crippen molar-refractivity contribution in [3.63, 3.8) is 0 Å². The van der Waals surface area contributed by atoms with Gasteiger partial charge in [-0.3, -0.25) is 0 Å². The van der Waals surface area contributed by atoms with Crippen LogP contribution in [0, 0.1) is 0 Å². The highest BCUT2D eigenvalue weighted by molar-refractivity contribution is 7.92. The number of unbranched alkanes of at least 4 members (excludes halogenated alkanes) is 2. The standard InChI is InChI=1S/C11H22O3S/c1-4-6-8-11(3)10(14-11)15(12,13)9-7-5-2/h10H,4-9H2,1-3H3/t10-,11-/m0/s1. The van der Waals surface area contributed by atoms with Crippen LogP contribution in [-0.4, -0.2) is 25.2 Å². The Morgan fingerprint density at radius 3 is 2.33 bits per heavy atom. The van der Waals surface area contributed by atoms with Crippen molar-refractivity contribution >= 4 is 9.84 Å². The van der Waals surface area contributed by atoms with E-state index in [2.05, 4.69) is 6.92 Å². The lowest BCUT2D eigenvalue weighted by Crippen LogP contribution is -2.20. The fraction of sp³-hybridized carbons (Fsp3) is 1.00. The second-order valence-corrected chi connectivity index (χ2v) is 6.75. The van der Waals surface area contributed by atoms with Gasteiger partial charge in [-0.1, -0.05) is 33.1 Å². The number of ether oxygens (including phenoxy) is 1. The number of epoxide rings is 1. The molecular weight excluding hydrogens is 212 g/mol. The summed E-state index contributed by atoms with van der Waals surface area (Å²) < 4.78 is 29.0. The Morgan fingerprint density at radius 2 is 1.80 bits per heavy atom. The Hall–Kier alpha value is -0.0900. The Bertz CT molecular complexity index is 297. The maximum absolute atomic E-state index is 11.8. The van der Waals surface area contributed by atoms with E-state index in [1.807, 2.05) is 13.8 Å². The Morgan fingerprint density at radius 1 is 1.20 bits per heavy atom. The van der Waals surface area contributed by atoms with Gasteiger partial charge in [-0.15, -0.1) is 0 Å². The maximum atomic E-state index is 11.8. The van der Waals surface area contributed by atoms with Gasteiger partial charge in [0, 0.05) is 0 Å². The molecule has 0 saturated carbocycles. The quantitative estimate of drug-likeness (QED) is 0.636. The smallest absolute Gasteiger partial charge is 0.188 e. The normalized spacial score (nSPS) is 30.5. The van der Waals surface area contributed by atoms with E-state index in [0.29, 0.717) is 0 Å². The van der Waals surface area contributed by atoms with Gasteiger partial charge in [0.2, 0.25) is 0 Å². The van der Waals surface area contributed by atoms with Crippen molar-refractivity contribution in [1.29, 1.82) is 0 Å². The molecule has 1 aliphatic heterocycles. The molecule has 1 aliphatic rings. The molecule has 3 nitrogen and oxygen atoms in total. The van der Waals surface area contributed by atoms with Crippen molar-refractivity contribution in [2.24, 2.45) is 0 Å². The fourth-order valence-corrected chi connectivity index (χ4v) is 3.97. The third-order valence-electron chi connectivity index (χ3n) is 2.95. The first-order valence-corrected chi connectivity index (χ1v) is 7.57. The van der Waals surface area contributed by atoms with Crippen LogP contribution in [0.1, 0.15) is 52.9 Å². The first-order valence-electron chi connectivity index (χ1n) is 5.85. The van der Waals surface area contributed by atoms with E-state index >= 15 is 0 Å². The second-order valence-electron chi connectivity index (χ2n) is 4.59. The number of rotatable bonds is 7. The molecule has 1 fully saturated rings. The molecule has 4 heteroatoms. The van der Waals surface area contributed by atoms with Gasteiger partial charge in [-0.2, -0.15) is 0 Å². The number of hydrogen-bond acceptors (Lipinski definition) is 3. The highest BCUT2D eigenvalue weighted by Crippen LogP contribution is 2.44. The van der Waals surface area contributed by atoms with Gasteiger partial charge in [0.05, 0.1) is 5.75 Å². The van der Waals surface area contributed by atoms with E-state index in [0.717, 1.165) is 32.1 Å². The van der Waals surface area contributed by atoms with Gasteiger partial charge in [0.1, 0.15) is 5.60 Å². The van der Waals surface area contributed by atoms with Crippen LogP contribution in [0.4, 0.5) is 0 Å². The first-order chi connectivity index (χ1) is 6.96. The molecule has 15 heavy (non-hydrogen) atoms. The molecule has 1 saturated heterocycles. The minimum atomic E-state index is -3.01. The second kappa shape index (κ2) is 4.83. The zero-order chi connectivity index (χ0) is 11.5. The maximum Gasteiger partial charge on any atom is 0.188 e. The molecule has 0 radical (unpaired) electrons. The molecule has 0 aliphatic carbocycles. The molecule has 90 valence electrons. The summed E-state index contributed by atoms with van der Waals surface area (Å²) in [6.45, 7) is 6.02. The summed E-state index contributed by atoms with van der Waals surface area (Å²) in [5, 5.41) is 0. The summed E-state index contributed by atoms with van der Waals surface area (Å²) in [6, 6.07) is 0. The van der Waals surface area contributed by atoms with Crippen LogP contribution in [0.15, 0.2) is 0 Å². The first kappa shape index (κ1) is 13.0. The van der Waals surface area contributed by atoms with Crippen molar-refractivity contribution in [2.45, 2.75) is 63.9 Å². The average molecular weight is 234 g/mol. The van der Waals surface area contributed by atoms with Crippen LogP contribution < -0.4 is 0 Å². The Labute approximate surface area is 93.1 Å². The molecular formula is C11H22O3S. The van der Waals surface area contributed by atoms with Gasteiger partial charge in [0.25, 0.3) is 0 Å². The summed E-state index contributed by atoms with van der Waals surface area (Å²) >= 11 is 0. The summed E-state index contributed by atoms with van der Waals surface area (Å²) in [6.07, 6.45) is 4.64. The third kappa shape index (κ3) is 3.18. The Balaban J connectivity index is 2.47. The van der Waals surface area contributed by atoms with Crippen molar-refractivity contribution < 1.29 is 13.2 Å². The minimum absolute atomic E-state index is 0.274. The molecule has 0 aromatic carbocycles. The predicted molar refractivity (Wildman–Crippen MR) is 61.5 cm³/mol. The number of sulfone groups is 1. The van der Waals surface area contributed by atoms with Crippen molar-refractivity contribution in [3.05, 3.63) is 0 Å². The van der Waals surface area contributed by atoms with E-state index < -0.39 is 15.3 Å². The summed E-state index contributed by atoms with van der Waals surface area (Å²) in [7, 11) is -3.01. The predicted octanol–water partition coefficient (Wildman–Crippen LogP) is 2.51. The van der Waals surface area contributed by atoms with Crippen LogP contribution in [0.2, 0.25) is 0 Å². The highest BCUT2D eigenvalue weighted by atomic mass is 32.2. The number of hydrogen-bond donors (Lipinski definition) is 0. The van der Waals surface area contributed by atoms with Gasteiger partial charge < -0.3 is 4.74 Å². The zero-order valence-corrected chi connectivity index (χ0v) is 10.8. The molecule has 1 heterocycles. The zero-order valence-electron chi connectivity index (χ0n) is 9.95. The molecule has 0 amide bonds. The van der Waals surface area contributed by atoms with Crippen LogP contribution in [-0.2, 0) is 14.6 Å². The molecule has 2 atom stereocenters. The van der Waals surface area contributed by atoms with E-state index in [4.69, 9.17) is 4.74 Å². The Kier molecular flexibility index (Phi) is 4.18. The van der Waals surface area contributed by atoms with Gasteiger partial charge in [-0.05, 0) is 19.8 Å². The van der Waals surface area contributed by atoms with E-state index in [9.17, 15) is 8.42 Å². The van der Waals surface area contributed by atoms with Gasteiger partial charge >= 0.3 is 0 Å². The molecule has 0 aromatic rings. The van der Waals surface area contributed by atoms with Gasteiger partial charge in [0.15, 0.2) is 15.3 Å². The van der Waals surface area contributed by atoms with E-state index in [1.165, 1.54) is 0 Å². The summed E-state index contributed by atoms with van der Waals surface area (Å²) in [5.41, 5.74) is -0.911. The lowest BCUT2D eigenvalue weighted by Gasteiger charge is -2.05. The van der Waals surface area contributed by atoms with E-state index in [-0.39, 0.29) is 11.4 Å². The topological polar surface area (TPSA) is 46.7 Å². The van der Waals surface area contributed by atoms with Crippen LogP contribution in [0.25, 0.3) is 0 Å². The van der Waals surface area contributed by atoms with Gasteiger partial charge in [-0.25, -0.2) is 8.42 Å². The lowest BCUT2D eigenvalue weighted by atomic mass is 10.1. The monoisotopic (exact) mass is 234 g/mol. The molecule has 0 N–H and O–H groups in total. The molecule has 0 bridgehead atoms. The highest BCUT2D eigenvalue weighted by Gasteiger charge is 2.58. The summed E-state index contributed by atoms with van der Waals surface area (Å²) in [4.78, 5) is 0. The molecule has 1 rings (SSSR count). The fourth-order valence-electron chi connectivity index (χ4n) is 1.82. The summed E-state index contributed by atoms with van der Waals surface area (Å²) in [5.74, 6) is 0.274. The minimum Gasteiger partial charge on any atom is -0.349 e. The average Bonchev–Trinajstić information content (AvgIpc) is 2.87. The largest absolute Gasteiger partial charge is 0.349 e. The SMILES string of the molecule is CCCC[C@]1(C)O[C@H]1S(=O)(=O)CCCC. The van der Waals surface area contributed by atoms with Crippen LogP contribution in [0.3, 0.4) is 0 Å². The third-order valence-corrected chi connectivity index (χ3v) is 5.06. The molecule has 0 aromatic heterocycles. The molecule has 0 spiro atoms. The van der Waals surface area contributed by atoms with Crippen LogP contribution >= 0.6 is 0 Å². The van der Waals surface area contributed by atoms with Crippen molar-refractivity contribution in [1.82, 2.24) is 0 Å². The lowest BCUT2D eigenvalue weighted by molar-refractivity contribution is 0.299. The van der Waals surface area contributed by atoms with E-state index in [1.54, 1.807) is 0 Å². The van der Waals surface area contributed by atoms with Crippen molar-refractivity contribution in [2.75, 3.05) is 5.75 Å². The molecule has 0 unspecified atom stereocenters. The van der Waals surface area contributed by atoms with Crippen molar-refractivity contribution in [3.8, 4) is 0 Å².